The third kappa shape index (κ3) is 4.89. The van der Waals surface area contributed by atoms with E-state index in [0.717, 1.165) is 42.6 Å². The molecule has 0 heterocycles. The Morgan fingerprint density at radius 2 is 2.13 bits per heavy atom. The zero-order valence-corrected chi connectivity index (χ0v) is 14.6. The number of hydrogen-bond acceptors (Lipinski definition) is 2. The molecule has 0 bridgehead atoms. The minimum atomic E-state index is 0.243. The lowest BCUT2D eigenvalue weighted by atomic mass is 9.84. The summed E-state index contributed by atoms with van der Waals surface area (Å²) in [5, 5.41) is 10.6. The van der Waals surface area contributed by atoms with Gasteiger partial charge in [0.2, 0.25) is 0 Å². The second kappa shape index (κ2) is 8.81. The molecule has 0 fully saturated rings. The minimum Gasteiger partial charge on any atom is -0.507 e. The molecule has 1 atom stereocenters. The quantitative estimate of drug-likeness (QED) is 0.349. The largest absolute Gasteiger partial charge is 0.507 e. The average Bonchev–Trinajstić information content (AvgIpc) is 2.52. The maximum absolute atomic E-state index is 10.6. The highest BCUT2D eigenvalue weighted by atomic mass is 16.5. The summed E-state index contributed by atoms with van der Waals surface area (Å²) >= 11 is 0. The van der Waals surface area contributed by atoms with Gasteiger partial charge in [0.1, 0.15) is 11.5 Å². The summed E-state index contributed by atoms with van der Waals surface area (Å²) in [4.78, 5) is 0. The van der Waals surface area contributed by atoms with Gasteiger partial charge in [-0.05, 0) is 56.7 Å². The van der Waals surface area contributed by atoms with Crippen LogP contribution in [0.25, 0.3) is 0 Å². The van der Waals surface area contributed by atoms with Gasteiger partial charge in [-0.25, -0.2) is 0 Å². The summed E-state index contributed by atoms with van der Waals surface area (Å²) in [6, 6.07) is 4.01. The van der Waals surface area contributed by atoms with E-state index < -0.39 is 0 Å². The standard InChI is InChI=1S/C21H30O2/c1-4-6-7-8-11-17-14-19(22)21(20(15-17)23-5-2)18-12-9-10-16(3)13-18/h5,13-15,18,22H,2,4,6-12H2,1,3H3. The molecule has 0 saturated carbocycles. The number of allylic oxidation sites excluding steroid dienone is 2. The zero-order chi connectivity index (χ0) is 16.7. The van der Waals surface area contributed by atoms with Crippen LogP contribution in [0, 0.1) is 0 Å². The van der Waals surface area contributed by atoms with Crippen molar-refractivity contribution in [3.8, 4) is 11.5 Å². The summed E-state index contributed by atoms with van der Waals surface area (Å²) in [7, 11) is 0. The lowest BCUT2D eigenvalue weighted by Gasteiger charge is -2.23. The number of aromatic hydroxyl groups is 1. The molecule has 0 spiro atoms. The van der Waals surface area contributed by atoms with Gasteiger partial charge < -0.3 is 9.84 Å². The molecule has 0 aromatic heterocycles. The van der Waals surface area contributed by atoms with Crippen molar-refractivity contribution in [1.82, 2.24) is 0 Å². The van der Waals surface area contributed by atoms with Crippen LogP contribution in [0.1, 0.15) is 75.8 Å². The number of rotatable bonds is 8. The van der Waals surface area contributed by atoms with Gasteiger partial charge in [-0.2, -0.15) is 0 Å². The number of aryl methyl sites for hydroxylation is 1. The summed E-state index contributed by atoms with van der Waals surface area (Å²) in [6.07, 6.45) is 13.0. The van der Waals surface area contributed by atoms with E-state index in [4.69, 9.17) is 4.74 Å². The third-order valence-corrected chi connectivity index (χ3v) is 4.65. The van der Waals surface area contributed by atoms with Crippen LogP contribution in [0.3, 0.4) is 0 Å². The highest BCUT2D eigenvalue weighted by Crippen LogP contribution is 2.42. The van der Waals surface area contributed by atoms with Gasteiger partial charge in [0.25, 0.3) is 0 Å². The minimum absolute atomic E-state index is 0.243. The topological polar surface area (TPSA) is 29.5 Å². The summed E-state index contributed by atoms with van der Waals surface area (Å²) in [6.45, 7) is 8.07. The van der Waals surface area contributed by atoms with Crippen LogP contribution < -0.4 is 4.74 Å². The highest BCUT2D eigenvalue weighted by Gasteiger charge is 2.22. The lowest BCUT2D eigenvalue weighted by molar-refractivity contribution is 0.432. The number of hydrogen-bond donors (Lipinski definition) is 1. The SMILES string of the molecule is C=COc1cc(CCCCCC)cc(O)c1C1C=C(C)CCC1. The van der Waals surface area contributed by atoms with Crippen LogP contribution in [0.15, 0.2) is 36.6 Å². The Morgan fingerprint density at radius 1 is 1.30 bits per heavy atom. The molecule has 2 rings (SSSR count). The first kappa shape index (κ1) is 17.7. The van der Waals surface area contributed by atoms with E-state index in [1.807, 2.05) is 6.07 Å². The molecule has 0 radical (unpaired) electrons. The molecule has 1 aliphatic rings. The van der Waals surface area contributed by atoms with Gasteiger partial charge in [0.05, 0.1) is 6.26 Å². The van der Waals surface area contributed by atoms with Gasteiger partial charge in [0.15, 0.2) is 0 Å². The molecule has 0 saturated heterocycles. The maximum Gasteiger partial charge on any atom is 0.134 e. The van der Waals surface area contributed by atoms with Crippen molar-refractivity contribution in [2.75, 3.05) is 0 Å². The Balaban J connectivity index is 2.24. The first-order valence-electron chi connectivity index (χ1n) is 8.96. The first-order chi connectivity index (χ1) is 11.2. The highest BCUT2D eigenvalue weighted by molar-refractivity contribution is 5.51. The maximum atomic E-state index is 10.6. The normalized spacial score (nSPS) is 17.7. The van der Waals surface area contributed by atoms with Crippen LogP contribution in [0.2, 0.25) is 0 Å². The lowest BCUT2D eigenvalue weighted by Crippen LogP contribution is -2.05. The molecular formula is C21H30O2. The van der Waals surface area contributed by atoms with Crippen LogP contribution >= 0.6 is 0 Å². The number of benzene rings is 1. The Hall–Kier alpha value is -1.70. The molecule has 126 valence electrons. The van der Waals surface area contributed by atoms with Crippen molar-refractivity contribution in [3.05, 3.63) is 47.7 Å². The number of unbranched alkanes of at least 4 members (excludes halogenated alkanes) is 3. The molecule has 0 aliphatic heterocycles. The Morgan fingerprint density at radius 3 is 2.83 bits per heavy atom. The summed E-state index contributed by atoms with van der Waals surface area (Å²) < 4.78 is 5.65. The van der Waals surface area contributed by atoms with E-state index >= 15 is 0 Å². The van der Waals surface area contributed by atoms with Crippen molar-refractivity contribution in [2.24, 2.45) is 0 Å². The van der Waals surface area contributed by atoms with E-state index in [0.29, 0.717) is 5.75 Å². The van der Waals surface area contributed by atoms with Crippen molar-refractivity contribution in [3.63, 3.8) is 0 Å². The predicted octanol–water partition coefficient (Wildman–Crippen LogP) is 6.25. The fourth-order valence-corrected chi connectivity index (χ4v) is 3.47. The Labute approximate surface area is 140 Å². The smallest absolute Gasteiger partial charge is 0.134 e. The zero-order valence-electron chi connectivity index (χ0n) is 14.6. The van der Waals surface area contributed by atoms with E-state index in [-0.39, 0.29) is 5.92 Å². The number of phenolic OH excluding ortho intramolecular Hbond substituents is 1. The fourth-order valence-electron chi connectivity index (χ4n) is 3.47. The Kier molecular flexibility index (Phi) is 6.76. The van der Waals surface area contributed by atoms with Crippen molar-refractivity contribution in [1.29, 1.82) is 0 Å². The molecule has 1 N–H and O–H groups in total. The monoisotopic (exact) mass is 314 g/mol. The van der Waals surface area contributed by atoms with Crippen LogP contribution in [0.4, 0.5) is 0 Å². The molecule has 2 heteroatoms. The second-order valence-electron chi connectivity index (χ2n) is 6.63. The van der Waals surface area contributed by atoms with E-state index in [2.05, 4.69) is 32.6 Å². The molecule has 1 unspecified atom stereocenters. The number of ether oxygens (including phenoxy) is 1. The van der Waals surface area contributed by atoms with Crippen molar-refractivity contribution in [2.45, 2.75) is 71.1 Å². The van der Waals surface area contributed by atoms with Crippen LogP contribution in [-0.4, -0.2) is 5.11 Å². The van der Waals surface area contributed by atoms with Crippen LogP contribution in [-0.2, 0) is 6.42 Å². The predicted molar refractivity (Wildman–Crippen MR) is 97.1 cm³/mol. The Bertz CT molecular complexity index is 557. The van der Waals surface area contributed by atoms with Crippen molar-refractivity contribution < 1.29 is 9.84 Å². The molecule has 23 heavy (non-hydrogen) atoms. The van der Waals surface area contributed by atoms with Crippen molar-refractivity contribution >= 4 is 0 Å². The van der Waals surface area contributed by atoms with Gasteiger partial charge in [-0.3, -0.25) is 0 Å². The molecule has 1 aromatic rings. The fraction of sp³-hybridized carbons (Fsp3) is 0.524. The van der Waals surface area contributed by atoms with Gasteiger partial charge in [-0.1, -0.05) is 44.4 Å². The van der Waals surface area contributed by atoms with Crippen LogP contribution in [0.5, 0.6) is 11.5 Å². The second-order valence-corrected chi connectivity index (χ2v) is 6.63. The van der Waals surface area contributed by atoms with Gasteiger partial charge in [0, 0.05) is 11.5 Å². The van der Waals surface area contributed by atoms with E-state index in [9.17, 15) is 5.11 Å². The first-order valence-corrected chi connectivity index (χ1v) is 8.96. The third-order valence-electron chi connectivity index (χ3n) is 4.65. The molecule has 1 aromatic carbocycles. The molecular weight excluding hydrogens is 284 g/mol. The molecule has 1 aliphatic carbocycles. The summed E-state index contributed by atoms with van der Waals surface area (Å²) in [5.74, 6) is 1.38. The number of phenols is 1. The average molecular weight is 314 g/mol. The molecule has 0 amide bonds. The molecule has 2 nitrogen and oxygen atoms in total. The van der Waals surface area contributed by atoms with E-state index in [1.54, 1.807) is 0 Å². The van der Waals surface area contributed by atoms with E-state index in [1.165, 1.54) is 37.5 Å². The summed E-state index contributed by atoms with van der Waals surface area (Å²) in [5.41, 5.74) is 3.46. The van der Waals surface area contributed by atoms with Gasteiger partial charge in [-0.15, -0.1) is 0 Å². The van der Waals surface area contributed by atoms with Gasteiger partial charge >= 0.3 is 0 Å².